The fourth-order valence-electron chi connectivity index (χ4n) is 2.40. The van der Waals surface area contributed by atoms with Crippen molar-refractivity contribution >= 4 is 27.5 Å². The predicted molar refractivity (Wildman–Crippen MR) is 92.3 cm³/mol. The maximum atomic E-state index is 6.12. The quantitative estimate of drug-likeness (QED) is 0.774. The van der Waals surface area contributed by atoms with E-state index in [0.717, 1.165) is 33.8 Å². The molecule has 2 aromatic carbocycles. The first kappa shape index (κ1) is 16.3. The van der Waals surface area contributed by atoms with E-state index in [1.165, 1.54) is 5.56 Å². The summed E-state index contributed by atoms with van der Waals surface area (Å²) in [5, 5.41) is 4.26. The average molecular weight is 369 g/mol. The zero-order valence-corrected chi connectivity index (χ0v) is 14.5. The van der Waals surface area contributed by atoms with E-state index in [2.05, 4.69) is 46.4 Å². The summed E-state index contributed by atoms with van der Waals surface area (Å²) >= 11 is 9.66. The minimum atomic E-state index is 0.222. The molecule has 2 nitrogen and oxygen atoms in total. The number of hydrogen-bond acceptors (Lipinski definition) is 2. The Bertz CT molecular complexity index is 603. The first-order valence-electron chi connectivity index (χ1n) is 6.95. The molecule has 0 aliphatic heterocycles. The number of hydrogen-bond donors (Lipinski definition) is 1. The molecule has 1 N–H and O–H groups in total. The first-order chi connectivity index (χ1) is 10.1. The van der Waals surface area contributed by atoms with Crippen LogP contribution in [0.4, 0.5) is 0 Å². The molecule has 0 aliphatic rings. The van der Waals surface area contributed by atoms with Crippen LogP contribution < -0.4 is 10.1 Å². The molecule has 0 fully saturated rings. The highest BCUT2D eigenvalue weighted by Crippen LogP contribution is 2.28. The topological polar surface area (TPSA) is 21.3 Å². The number of ether oxygens (including phenoxy) is 1. The molecule has 0 amide bonds. The summed E-state index contributed by atoms with van der Waals surface area (Å²) in [5.41, 5.74) is 2.35. The van der Waals surface area contributed by atoms with E-state index in [9.17, 15) is 0 Å². The van der Waals surface area contributed by atoms with Gasteiger partial charge in [-0.3, -0.25) is 0 Å². The van der Waals surface area contributed by atoms with Crippen LogP contribution in [0.2, 0.25) is 5.02 Å². The summed E-state index contributed by atoms with van der Waals surface area (Å²) in [6.07, 6.45) is 0.827. The molecule has 0 spiro atoms. The predicted octanol–water partition coefficient (Wildman–Crippen LogP) is 5.00. The minimum absolute atomic E-state index is 0.222. The smallest absolute Gasteiger partial charge is 0.122 e. The van der Waals surface area contributed by atoms with Gasteiger partial charge in [-0.1, -0.05) is 46.6 Å². The van der Waals surface area contributed by atoms with Crippen molar-refractivity contribution < 1.29 is 4.74 Å². The molecule has 0 saturated carbocycles. The number of benzene rings is 2. The first-order valence-corrected chi connectivity index (χ1v) is 8.12. The molecule has 4 heteroatoms. The molecule has 0 saturated heterocycles. The molecular weight excluding hydrogens is 350 g/mol. The fraction of sp³-hybridized carbons (Fsp3) is 0.294. The summed E-state index contributed by atoms with van der Waals surface area (Å²) in [4.78, 5) is 0. The Morgan fingerprint density at radius 2 is 2.05 bits per heavy atom. The Morgan fingerprint density at radius 1 is 1.24 bits per heavy atom. The van der Waals surface area contributed by atoms with Gasteiger partial charge in [0, 0.05) is 15.5 Å². The van der Waals surface area contributed by atoms with Crippen molar-refractivity contribution in [3.05, 3.63) is 63.1 Å². The number of rotatable bonds is 6. The maximum absolute atomic E-state index is 6.12. The second kappa shape index (κ2) is 7.83. The van der Waals surface area contributed by atoms with Crippen molar-refractivity contribution in [3.8, 4) is 5.75 Å². The lowest BCUT2D eigenvalue weighted by Crippen LogP contribution is -2.23. The van der Waals surface area contributed by atoms with Gasteiger partial charge in [-0.05, 0) is 54.4 Å². The molecule has 0 aliphatic carbocycles. The van der Waals surface area contributed by atoms with Crippen LogP contribution in [0, 0.1) is 0 Å². The van der Waals surface area contributed by atoms with E-state index in [0.29, 0.717) is 0 Å². The van der Waals surface area contributed by atoms with E-state index in [1.807, 2.05) is 24.3 Å². The van der Waals surface area contributed by atoms with Crippen molar-refractivity contribution in [2.45, 2.75) is 19.4 Å². The average Bonchev–Trinajstić information content (AvgIpc) is 2.47. The molecule has 0 heterocycles. The van der Waals surface area contributed by atoms with E-state index >= 15 is 0 Å². The second-order valence-electron chi connectivity index (χ2n) is 4.83. The van der Waals surface area contributed by atoms with E-state index in [-0.39, 0.29) is 6.04 Å². The number of methoxy groups -OCH3 is 1. The van der Waals surface area contributed by atoms with Crippen LogP contribution in [0.5, 0.6) is 5.75 Å². The lowest BCUT2D eigenvalue weighted by Gasteiger charge is -2.20. The van der Waals surface area contributed by atoms with Crippen molar-refractivity contribution in [2.75, 3.05) is 13.7 Å². The molecule has 2 rings (SSSR count). The number of likely N-dealkylation sites (N-methyl/N-ethyl adjacent to an activating group) is 1. The van der Waals surface area contributed by atoms with Crippen molar-refractivity contribution in [1.82, 2.24) is 5.32 Å². The van der Waals surface area contributed by atoms with Crippen molar-refractivity contribution in [1.29, 1.82) is 0 Å². The highest BCUT2D eigenvalue weighted by Gasteiger charge is 2.14. The van der Waals surface area contributed by atoms with Crippen LogP contribution in [-0.2, 0) is 6.42 Å². The van der Waals surface area contributed by atoms with Gasteiger partial charge < -0.3 is 10.1 Å². The number of nitrogens with one attached hydrogen (secondary N) is 1. The molecular formula is C17H19BrClNO. The molecule has 2 aromatic rings. The summed E-state index contributed by atoms with van der Waals surface area (Å²) in [7, 11) is 1.69. The minimum Gasteiger partial charge on any atom is -0.496 e. The summed E-state index contributed by atoms with van der Waals surface area (Å²) in [6, 6.07) is 14.3. The van der Waals surface area contributed by atoms with Gasteiger partial charge in [-0.2, -0.15) is 0 Å². The van der Waals surface area contributed by atoms with Gasteiger partial charge in [0.2, 0.25) is 0 Å². The van der Waals surface area contributed by atoms with Crippen molar-refractivity contribution in [3.63, 3.8) is 0 Å². The fourth-order valence-corrected chi connectivity index (χ4v) is 3.02. The third-order valence-electron chi connectivity index (χ3n) is 3.37. The zero-order chi connectivity index (χ0) is 15.2. The normalized spacial score (nSPS) is 12.2. The molecule has 21 heavy (non-hydrogen) atoms. The van der Waals surface area contributed by atoms with Crippen LogP contribution in [0.15, 0.2) is 46.9 Å². The summed E-state index contributed by atoms with van der Waals surface area (Å²) in [5.74, 6) is 0.872. The highest BCUT2D eigenvalue weighted by molar-refractivity contribution is 9.10. The van der Waals surface area contributed by atoms with E-state index in [4.69, 9.17) is 16.3 Å². The molecule has 1 atom stereocenters. The maximum Gasteiger partial charge on any atom is 0.122 e. The van der Waals surface area contributed by atoms with Gasteiger partial charge in [0.05, 0.1) is 7.11 Å². The Labute approximate surface area is 139 Å². The molecule has 0 bridgehead atoms. The molecule has 0 radical (unpaired) electrons. The third-order valence-corrected chi connectivity index (χ3v) is 4.10. The lowest BCUT2D eigenvalue weighted by molar-refractivity contribution is 0.405. The summed E-state index contributed by atoms with van der Waals surface area (Å²) in [6.45, 7) is 3.01. The monoisotopic (exact) mass is 367 g/mol. The van der Waals surface area contributed by atoms with Crippen LogP contribution in [0.25, 0.3) is 0 Å². The SMILES string of the molecule is CCNC(Cc1cc(Cl)ccc1OC)c1cccc(Br)c1. The van der Waals surface area contributed by atoms with Crippen LogP contribution >= 0.6 is 27.5 Å². The third kappa shape index (κ3) is 4.47. The van der Waals surface area contributed by atoms with Crippen LogP contribution in [0.3, 0.4) is 0 Å². The number of halogens is 2. The standard InChI is InChI=1S/C17H19BrClNO/c1-3-20-16(12-5-4-6-14(18)9-12)11-13-10-15(19)7-8-17(13)21-2/h4-10,16,20H,3,11H2,1-2H3. The van der Waals surface area contributed by atoms with Gasteiger partial charge in [-0.25, -0.2) is 0 Å². The Kier molecular flexibility index (Phi) is 6.09. The van der Waals surface area contributed by atoms with E-state index < -0.39 is 0 Å². The largest absolute Gasteiger partial charge is 0.496 e. The molecule has 1 unspecified atom stereocenters. The highest BCUT2D eigenvalue weighted by atomic mass is 79.9. The van der Waals surface area contributed by atoms with Crippen LogP contribution in [-0.4, -0.2) is 13.7 Å². The Balaban J connectivity index is 2.30. The molecule has 112 valence electrons. The second-order valence-corrected chi connectivity index (χ2v) is 6.18. The Morgan fingerprint density at radius 3 is 2.71 bits per heavy atom. The molecule has 0 aromatic heterocycles. The zero-order valence-electron chi connectivity index (χ0n) is 12.2. The van der Waals surface area contributed by atoms with Gasteiger partial charge in [0.1, 0.15) is 5.75 Å². The van der Waals surface area contributed by atoms with Gasteiger partial charge in [0.25, 0.3) is 0 Å². The van der Waals surface area contributed by atoms with E-state index in [1.54, 1.807) is 7.11 Å². The summed E-state index contributed by atoms with van der Waals surface area (Å²) < 4.78 is 6.53. The van der Waals surface area contributed by atoms with Gasteiger partial charge in [0.15, 0.2) is 0 Å². The Hall–Kier alpha value is -1.03. The van der Waals surface area contributed by atoms with Gasteiger partial charge in [-0.15, -0.1) is 0 Å². The van der Waals surface area contributed by atoms with Gasteiger partial charge >= 0.3 is 0 Å². The van der Waals surface area contributed by atoms with Crippen LogP contribution in [0.1, 0.15) is 24.1 Å². The lowest BCUT2D eigenvalue weighted by atomic mass is 9.98. The van der Waals surface area contributed by atoms with Crippen molar-refractivity contribution in [2.24, 2.45) is 0 Å².